The molecular formula is C19H20N2O7S3. The van der Waals surface area contributed by atoms with Crippen molar-refractivity contribution < 1.29 is 32.4 Å². The second kappa shape index (κ2) is 9.39. The summed E-state index contributed by atoms with van der Waals surface area (Å²) in [7, 11) is -4.02. The van der Waals surface area contributed by atoms with Gasteiger partial charge in [0, 0.05) is 12.6 Å². The van der Waals surface area contributed by atoms with Gasteiger partial charge in [0.2, 0.25) is 5.88 Å². The smallest absolute Gasteiger partial charge is 0.323 e. The SMILES string of the molecule is CC(/C=C1/Oc2ccccc2N1CCCCS(=O)(=O)O)=C1\SC(=S)N(CC(=O)O)C1=O. The number of hydrogen-bond donors (Lipinski definition) is 2. The van der Waals surface area contributed by atoms with Crippen LogP contribution in [0.3, 0.4) is 0 Å². The number of anilines is 1. The zero-order valence-corrected chi connectivity index (χ0v) is 18.9. The van der Waals surface area contributed by atoms with Crippen LogP contribution in [0.15, 0.2) is 46.7 Å². The van der Waals surface area contributed by atoms with E-state index in [9.17, 15) is 18.0 Å². The number of rotatable bonds is 8. The minimum Gasteiger partial charge on any atom is -0.480 e. The molecule has 1 saturated heterocycles. The number of allylic oxidation sites excluding steroid dienone is 2. The van der Waals surface area contributed by atoms with E-state index in [0.29, 0.717) is 35.1 Å². The summed E-state index contributed by atoms with van der Waals surface area (Å²) in [5.41, 5.74) is 1.36. The van der Waals surface area contributed by atoms with Gasteiger partial charge in [-0.05, 0) is 37.5 Å². The van der Waals surface area contributed by atoms with Crippen LogP contribution in [0.4, 0.5) is 5.69 Å². The standard InChI is InChI=1S/C19H20N2O7S3/c1-12(17-18(24)21(11-16(22)23)19(29)30-17)10-15-20(8-4-5-9-31(25,26)27)13-6-2-3-7-14(13)28-15/h2-3,6-7,10H,4-5,8-9,11H2,1H3,(H,22,23)(H,25,26,27)/b15-10+,17-12+. The Morgan fingerprint density at radius 3 is 2.65 bits per heavy atom. The number of ether oxygens (including phenoxy) is 1. The molecule has 0 atom stereocenters. The number of carbonyl (C=O) groups excluding carboxylic acids is 1. The minimum atomic E-state index is -4.02. The molecule has 0 radical (unpaired) electrons. The number of fused-ring (bicyclic) bond motifs is 1. The predicted molar refractivity (Wildman–Crippen MR) is 120 cm³/mol. The summed E-state index contributed by atoms with van der Waals surface area (Å²) in [4.78, 5) is 26.8. The fourth-order valence-electron chi connectivity index (χ4n) is 3.11. The predicted octanol–water partition coefficient (Wildman–Crippen LogP) is 2.61. The highest BCUT2D eigenvalue weighted by Crippen LogP contribution is 2.40. The molecule has 1 amide bonds. The minimum absolute atomic E-state index is 0.179. The van der Waals surface area contributed by atoms with Crippen LogP contribution in [0.2, 0.25) is 0 Å². The molecule has 0 spiro atoms. The first kappa shape index (κ1) is 23.3. The van der Waals surface area contributed by atoms with Crippen molar-refractivity contribution in [1.29, 1.82) is 0 Å². The fourth-order valence-corrected chi connectivity index (χ4v) is 4.92. The van der Waals surface area contributed by atoms with Crippen LogP contribution < -0.4 is 9.64 Å². The van der Waals surface area contributed by atoms with E-state index >= 15 is 0 Å². The first-order valence-corrected chi connectivity index (χ1v) is 12.1. The highest BCUT2D eigenvalue weighted by atomic mass is 32.2. The van der Waals surface area contributed by atoms with Gasteiger partial charge in [-0.2, -0.15) is 8.42 Å². The van der Waals surface area contributed by atoms with Crippen LogP contribution in [0.1, 0.15) is 19.8 Å². The number of carbonyl (C=O) groups is 2. The molecule has 1 fully saturated rings. The maximum atomic E-state index is 12.6. The lowest BCUT2D eigenvalue weighted by atomic mass is 10.2. The summed E-state index contributed by atoms with van der Waals surface area (Å²) in [6.45, 7) is 1.65. The number of unbranched alkanes of at least 4 members (excludes halogenated alkanes) is 1. The molecule has 0 unspecified atom stereocenters. The van der Waals surface area contributed by atoms with E-state index in [2.05, 4.69) is 0 Å². The maximum absolute atomic E-state index is 12.6. The number of carboxylic acids is 1. The summed E-state index contributed by atoms with van der Waals surface area (Å²) >= 11 is 6.17. The Balaban J connectivity index is 1.83. The van der Waals surface area contributed by atoms with Gasteiger partial charge in [0.05, 0.1) is 16.3 Å². The molecule has 2 N–H and O–H groups in total. The third kappa shape index (κ3) is 5.64. The average molecular weight is 485 g/mol. The van der Waals surface area contributed by atoms with Gasteiger partial charge < -0.3 is 14.7 Å². The van der Waals surface area contributed by atoms with Gasteiger partial charge in [0.1, 0.15) is 10.9 Å². The van der Waals surface area contributed by atoms with Gasteiger partial charge in [-0.3, -0.25) is 19.0 Å². The Bertz CT molecular complexity index is 1100. The van der Waals surface area contributed by atoms with Gasteiger partial charge >= 0.3 is 5.97 Å². The van der Waals surface area contributed by atoms with Gasteiger partial charge in [-0.25, -0.2) is 0 Å². The van der Waals surface area contributed by atoms with Crippen LogP contribution in [0.5, 0.6) is 5.75 Å². The summed E-state index contributed by atoms with van der Waals surface area (Å²) in [5.74, 6) is -0.877. The van der Waals surface area contributed by atoms with Crippen LogP contribution in [-0.2, 0) is 19.7 Å². The van der Waals surface area contributed by atoms with E-state index in [4.69, 9.17) is 26.6 Å². The topological polar surface area (TPSA) is 124 Å². The molecule has 1 aromatic rings. The highest BCUT2D eigenvalue weighted by Gasteiger charge is 2.35. The number of amides is 1. The third-order valence-corrected chi connectivity index (χ3v) is 6.88. The Morgan fingerprint density at radius 2 is 1.97 bits per heavy atom. The maximum Gasteiger partial charge on any atom is 0.323 e. The van der Waals surface area contributed by atoms with Gasteiger partial charge in [0.15, 0.2) is 5.75 Å². The molecule has 12 heteroatoms. The van der Waals surface area contributed by atoms with E-state index in [1.165, 1.54) is 0 Å². The van der Waals surface area contributed by atoms with Crippen molar-refractivity contribution in [3.8, 4) is 5.75 Å². The molecule has 0 aliphatic carbocycles. The number of para-hydroxylation sites is 2. The van der Waals surface area contributed by atoms with E-state index in [-0.39, 0.29) is 16.5 Å². The third-order valence-electron chi connectivity index (χ3n) is 4.51. The molecule has 166 valence electrons. The van der Waals surface area contributed by atoms with Gasteiger partial charge in [0.25, 0.3) is 16.0 Å². The Labute approximate surface area is 189 Å². The number of thiocarbonyl (C=S) groups is 1. The average Bonchev–Trinajstić information content (AvgIpc) is 3.16. The lowest BCUT2D eigenvalue weighted by Crippen LogP contribution is -2.33. The number of hydrogen-bond acceptors (Lipinski definition) is 8. The molecule has 0 bridgehead atoms. The molecule has 9 nitrogen and oxygen atoms in total. The molecule has 1 aromatic carbocycles. The lowest BCUT2D eigenvalue weighted by molar-refractivity contribution is -0.140. The van der Waals surface area contributed by atoms with Crippen LogP contribution >= 0.6 is 24.0 Å². The quantitative estimate of drug-likeness (QED) is 0.246. The van der Waals surface area contributed by atoms with Crippen molar-refractivity contribution in [2.45, 2.75) is 19.8 Å². The zero-order valence-electron chi connectivity index (χ0n) is 16.5. The number of nitrogens with zero attached hydrogens (tertiary/aromatic N) is 2. The normalized spacial score (nSPS) is 19.1. The van der Waals surface area contributed by atoms with E-state index in [1.54, 1.807) is 19.1 Å². The van der Waals surface area contributed by atoms with Crippen LogP contribution in [0, 0.1) is 0 Å². The summed E-state index contributed by atoms with van der Waals surface area (Å²) in [6, 6.07) is 7.33. The van der Waals surface area contributed by atoms with Gasteiger partial charge in [-0.15, -0.1) is 0 Å². The number of aliphatic carboxylic acids is 1. The summed E-state index contributed by atoms with van der Waals surface area (Å²) in [6.07, 6.45) is 2.43. The molecule has 2 aliphatic heterocycles. The number of carboxylic acid groups (broad SMARTS) is 1. The van der Waals surface area contributed by atoms with Gasteiger partial charge in [-0.1, -0.05) is 36.1 Å². The Morgan fingerprint density at radius 1 is 1.26 bits per heavy atom. The Kier molecular flexibility index (Phi) is 7.04. The number of thioether (sulfide) groups is 1. The highest BCUT2D eigenvalue weighted by molar-refractivity contribution is 8.26. The molecule has 31 heavy (non-hydrogen) atoms. The van der Waals surface area contributed by atoms with Crippen molar-refractivity contribution in [1.82, 2.24) is 4.90 Å². The number of benzene rings is 1. The lowest BCUT2D eigenvalue weighted by Gasteiger charge is -2.18. The molecule has 2 aliphatic rings. The monoisotopic (exact) mass is 484 g/mol. The largest absolute Gasteiger partial charge is 0.480 e. The summed E-state index contributed by atoms with van der Waals surface area (Å²) in [5, 5.41) is 8.98. The summed E-state index contributed by atoms with van der Waals surface area (Å²) < 4.78 is 36.9. The van der Waals surface area contributed by atoms with E-state index < -0.39 is 28.5 Å². The first-order chi connectivity index (χ1) is 14.6. The van der Waals surface area contributed by atoms with Crippen LogP contribution in [0.25, 0.3) is 0 Å². The molecule has 2 heterocycles. The van der Waals surface area contributed by atoms with E-state index in [1.807, 2.05) is 23.1 Å². The second-order valence-corrected chi connectivity index (χ2v) is 10.1. The van der Waals surface area contributed by atoms with Crippen molar-refractivity contribution in [2.75, 3.05) is 23.7 Å². The van der Waals surface area contributed by atoms with Crippen molar-refractivity contribution >= 4 is 56.0 Å². The van der Waals surface area contributed by atoms with Crippen molar-refractivity contribution in [3.63, 3.8) is 0 Å². The zero-order chi connectivity index (χ0) is 22.8. The van der Waals surface area contributed by atoms with Crippen molar-refractivity contribution in [2.24, 2.45) is 0 Å². The fraction of sp³-hybridized carbons (Fsp3) is 0.316. The molecule has 3 rings (SSSR count). The Hall–Kier alpha value is -2.41. The van der Waals surface area contributed by atoms with E-state index in [0.717, 1.165) is 22.3 Å². The first-order valence-electron chi connectivity index (χ1n) is 9.24. The van der Waals surface area contributed by atoms with Crippen LogP contribution in [-0.4, -0.2) is 58.0 Å². The second-order valence-electron chi connectivity index (χ2n) is 6.86. The molecule has 0 saturated carbocycles. The van der Waals surface area contributed by atoms with Crippen molar-refractivity contribution in [3.05, 3.63) is 46.7 Å². The molecule has 0 aromatic heterocycles. The molecular weight excluding hydrogens is 464 g/mol.